The highest BCUT2D eigenvalue weighted by molar-refractivity contribution is 4.89. The standard InChI is InChI=1S/C9H17NO3/c1-3-13-9(12-2)7-5-4-6-8(9)10-11/h8H,3-7H2,1-2H3. The van der Waals surface area contributed by atoms with Gasteiger partial charge in [-0.1, -0.05) is 11.6 Å². The van der Waals surface area contributed by atoms with Crippen LogP contribution in [0.4, 0.5) is 0 Å². The summed E-state index contributed by atoms with van der Waals surface area (Å²) in [5.41, 5.74) is 0. The van der Waals surface area contributed by atoms with Crippen LogP contribution in [0.5, 0.6) is 0 Å². The van der Waals surface area contributed by atoms with Crippen molar-refractivity contribution in [2.75, 3.05) is 13.7 Å². The molecule has 0 N–H and O–H groups in total. The van der Waals surface area contributed by atoms with E-state index >= 15 is 0 Å². The first-order chi connectivity index (χ1) is 6.29. The lowest BCUT2D eigenvalue weighted by molar-refractivity contribution is -0.244. The second-order valence-corrected chi connectivity index (χ2v) is 3.32. The number of rotatable bonds is 4. The maximum absolute atomic E-state index is 10.6. The van der Waals surface area contributed by atoms with Gasteiger partial charge in [-0.2, -0.15) is 4.91 Å². The van der Waals surface area contributed by atoms with Gasteiger partial charge < -0.3 is 9.47 Å². The number of ether oxygens (including phenoxy) is 2. The zero-order valence-corrected chi connectivity index (χ0v) is 8.28. The molecule has 1 saturated carbocycles. The molecule has 4 nitrogen and oxygen atoms in total. The van der Waals surface area contributed by atoms with E-state index in [1.165, 1.54) is 0 Å². The number of nitroso groups, excluding NO2 is 1. The summed E-state index contributed by atoms with van der Waals surface area (Å²) >= 11 is 0. The second kappa shape index (κ2) is 4.67. The summed E-state index contributed by atoms with van der Waals surface area (Å²) in [6, 6.07) is -0.341. The fourth-order valence-electron chi connectivity index (χ4n) is 1.94. The van der Waals surface area contributed by atoms with Gasteiger partial charge in [0.1, 0.15) is 6.04 Å². The Bertz CT molecular complexity index is 170. The fourth-order valence-corrected chi connectivity index (χ4v) is 1.94. The van der Waals surface area contributed by atoms with E-state index in [9.17, 15) is 4.91 Å². The Balaban J connectivity index is 2.71. The smallest absolute Gasteiger partial charge is 0.193 e. The summed E-state index contributed by atoms with van der Waals surface area (Å²) in [6.07, 6.45) is 3.62. The Morgan fingerprint density at radius 1 is 1.54 bits per heavy atom. The van der Waals surface area contributed by atoms with Gasteiger partial charge in [-0.3, -0.25) is 0 Å². The molecular weight excluding hydrogens is 170 g/mol. The van der Waals surface area contributed by atoms with Crippen LogP contribution >= 0.6 is 0 Å². The van der Waals surface area contributed by atoms with Crippen LogP contribution in [0.15, 0.2) is 5.18 Å². The molecule has 0 aliphatic heterocycles. The Morgan fingerprint density at radius 3 is 2.85 bits per heavy atom. The average Bonchev–Trinajstić information content (AvgIpc) is 2.19. The van der Waals surface area contributed by atoms with E-state index in [0.29, 0.717) is 6.61 Å². The molecular formula is C9H17NO3. The molecule has 1 rings (SSSR count). The van der Waals surface area contributed by atoms with Crippen molar-refractivity contribution in [3.05, 3.63) is 4.91 Å². The third kappa shape index (κ3) is 2.06. The minimum atomic E-state index is -0.741. The van der Waals surface area contributed by atoms with Gasteiger partial charge in [-0.05, 0) is 19.8 Å². The predicted octanol–water partition coefficient (Wildman–Crippen LogP) is 2.07. The van der Waals surface area contributed by atoms with E-state index < -0.39 is 5.79 Å². The number of hydrogen-bond donors (Lipinski definition) is 0. The molecule has 13 heavy (non-hydrogen) atoms. The lowest BCUT2D eigenvalue weighted by atomic mass is 9.89. The molecule has 0 saturated heterocycles. The SMILES string of the molecule is CCOC1(OC)CCCCC1N=O. The maximum Gasteiger partial charge on any atom is 0.193 e. The lowest BCUT2D eigenvalue weighted by Gasteiger charge is -2.38. The average molecular weight is 187 g/mol. The number of hydrogen-bond acceptors (Lipinski definition) is 4. The topological polar surface area (TPSA) is 47.9 Å². The van der Waals surface area contributed by atoms with Crippen LogP contribution in [0.25, 0.3) is 0 Å². The largest absolute Gasteiger partial charge is 0.351 e. The molecule has 0 aromatic carbocycles. The Kier molecular flexibility index (Phi) is 3.81. The first-order valence-electron chi connectivity index (χ1n) is 4.80. The highest BCUT2D eigenvalue weighted by Gasteiger charge is 2.43. The monoisotopic (exact) mass is 187 g/mol. The van der Waals surface area contributed by atoms with E-state index in [-0.39, 0.29) is 6.04 Å². The van der Waals surface area contributed by atoms with Crippen molar-refractivity contribution in [3.63, 3.8) is 0 Å². The molecule has 0 spiro atoms. The summed E-state index contributed by atoms with van der Waals surface area (Å²) < 4.78 is 10.8. The van der Waals surface area contributed by atoms with E-state index in [1.807, 2.05) is 6.92 Å². The molecule has 0 aromatic heterocycles. The summed E-state index contributed by atoms with van der Waals surface area (Å²) in [4.78, 5) is 10.6. The summed E-state index contributed by atoms with van der Waals surface area (Å²) in [6.45, 7) is 2.46. The van der Waals surface area contributed by atoms with E-state index in [1.54, 1.807) is 7.11 Å². The van der Waals surface area contributed by atoms with Crippen LogP contribution in [0.1, 0.15) is 32.6 Å². The van der Waals surface area contributed by atoms with Crippen LogP contribution in [0.3, 0.4) is 0 Å². The highest BCUT2D eigenvalue weighted by atomic mass is 16.7. The minimum Gasteiger partial charge on any atom is -0.351 e. The molecule has 2 unspecified atom stereocenters. The van der Waals surface area contributed by atoms with Crippen LogP contribution in [0.2, 0.25) is 0 Å². The molecule has 76 valence electrons. The number of nitrogens with zero attached hydrogens (tertiary/aromatic N) is 1. The third-order valence-electron chi connectivity index (χ3n) is 2.62. The van der Waals surface area contributed by atoms with Crippen LogP contribution < -0.4 is 0 Å². The van der Waals surface area contributed by atoms with Crippen molar-refractivity contribution in [2.45, 2.75) is 44.4 Å². The van der Waals surface area contributed by atoms with Gasteiger partial charge in [0.25, 0.3) is 0 Å². The van der Waals surface area contributed by atoms with Gasteiger partial charge in [0, 0.05) is 20.1 Å². The zero-order chi connectivity index (χ0) is 9.73. The van der Waals surface area contributed by atoms with Gasteiger partial charge in [0.05, 0.1) is 0 Å². The van der Waals surface area contributed by atoms with Crippen molar-refractivity contribution < 1.29 is 9.47 Å². The van der Waals surface area contributed by atoms with Crippen molar-refractivity contribution in [1.82, 2.24) is 0 Å². The van der Waals surface area contributed by atoms with E-state index in [4.69, 9.17) is 9.47 Å². The molecule has 0 amide bonds. The summed E-state index contributed by atoms with van der Waals surface area (Å²) in [5, 5.41) is 3.09. The van der Waals surface area contributed by atoms with Gasteiger partial charge >= 0.3 is 0 Å². The van der Waals surface area contributed by atoms with Crippen molar-refractivity contribution >= 4 is 0 Å². The molecule has 1 fully saturated rings. The zero-order valence-electron chi connectivity index (χ0n) is 8.28. The van der Waals surface area contributed by atoms with Gasteiger partial charge in [-0.25, -0.2) is 0 Å². The third-order valence-corrected chi connectivity index (χ3v) is 2.62. The number of methoxy groups -OCH3 is 1. The van der Waals surface area contributed by atoms with Crippen molar-refractivity contribution in [1.29, 1.82) is 0 Å². The lowest BCUT2D eigenvalue weighted by Crippen LogP contribution is -2.47. The summed E-state index contributed by atoms with van der Waals surface area (Å²) in [5.74, 6) is -0.741. The molecule has 0 radical (unpaired) electrons. The van der Waals surface area contributed by atoms with Crippen LogP contribution in [0, 0.1) is 4.91 Å². The van der Waals surface area contributed by atoms with E-state index in [0.717, 1.165) is 25.7 Å². The highest BCUT2D eigenvalue weighted by Crippen LogP contribution is 2.34. The maximum atomic E-state index is 10.6. The molecule has 0 aromatic rings. The molecule has 2 atom stereocenters. The Hall–Kier alpha value is -0.480. The van der Waals surface area contributed by atoms with E-state index in [2.05, 4.69) is 5.18 Å². The normalized spacial score (nSPS) is 34.5. The van der Waals surface area contributed by atoms with Crippen molar-refractivity contribution in [2.24, 2.45) is 5.18 Å². The predicted molar refractivity (Wildman–Crippen MR) is 49.4 cm³/mol. The first-order valence-corrected chi connectivity index (χ1v) is 4.80. The molecule has 0 heterocycles. The Labute approximate surface area is 78.6 Å². The van der Waals surface area contributed by atoms with Gasteiger partial charge in [-0.15, -0.1) is 0 Å². The fraction of sp³-hybridized carbons (Fsp3) is 1.00. The van der Waals surface area contributed by atoms with Crippen molar-refractivity contribution in [3.8, 4) is 0 Å². The van der Waals surface area contributed by atoms with Crippen LogP contribution in [-0.4, -0.2) is 25.5 Å². The minimum absolute atomic E-state index is 0.341. The Morgan fingerprint density at radius 2 is 2.31 bits per heavy atom. The molecule has 1 aliphatic carbocycles. The van der Waals surface area contributed by atoms with Gasteiger partial charge in [0.15, 0.2) is 5.79 Å². The second-order valence-electron chi connectivity index (χ2n) is 3.32. The molecule has 0 bridgehead atoms. The summed E-state index contributed by atoms with van der Waals surface area (Å²) in [7, 11) is 1.58. The quantitative estimate of drug-likeness (QED) is 0.500. The first kappa shape index (κ1) is 10.6. The van der Waals surface area contributed by atoms with Gasteiger partial charge in [0.2, 0.25) is 0 Å². The molecule has 1 aliphatic rings. The van der Waals surface area contributed by atoms with Crippen LogP contribution in [-0.2, 0) is 9.47 Å². The molecule has 4 heteroatoms.